The average Bonchev–Trinajstić information content (AvgIpc) is 3.46. The van der Waals surface area contributed by atoms with Crippen LogP contribution >= 0.6 is 0 Å². The third-order valence-corrected chi connectivity index (χ3v) is 7.70. The highest BCUT2D eigenvalue weighted by molar-refractivity contribution is 7.93. The Kier molecular flexibility index (Phi) is 5.88. The summed E-state index contributed by atoms with van der Waals surface area (Å²) in [5.41, 5.74) is 0.565. The fraction of sp³-hybridized carbons (Fsp3) is 0.368. The molecule has 0 aromatic heterocycles. The summed E-state index contributed by atoms with van der Waals surface area (Å²) < 4.78 is 55.4. The highest BCUT2D eigenvalue weighted by Gasteiger charge is 2.30. The lowest BCUT2D eigenvalue weighted by molar-refractivity contribution is 0.580. The molecule has 1 N–H and O–H groups in total. The molecule has 0 spiro atoms. The third-order valence-electron chi connectivity index (χ3n) is 4.36. The molecule has 0 unspecified atom stereocenters. The second-order valence-electron chi connectivity index (χ2n) is 6.64. The van der Waals surface area contributed by atoms with Crippen LogP contribution in [0.2, 0.25) is 0 Å². The molecule has 8 heteroatoms. The van der Waals surface area contributed by atoms with Crippen molar-refractivity contribution in [2.24, 2.45) is 0 Å². The number of para-hydroxylation sites is 1. The van der Waals surface area contributed by atoms with Crippen LogP contribution in [0, 0.1) is 0 Å². The van der Waals surface area contributed by atoms with E-state index in [-0.39, 0.29) is 15.8 Å². The largest absolute Gasteiger partial charge is 0.266 e. The van der Waals surface area contributed by atoms with Crippen molar-refractivity contribution < 1.29 is 16.8 Å². The highest BCUT2D eigenvalue weighted by Crippen LogP contribution is 2.27. The van der Waals surface area contributed by atoms with Crippen molar-refractivity contribution in [3.63, 3.8) is 0 Å². The number of hydrogen-bond acceptors (Lipinski definition) is 4. The van der Waals surface area contributed by atoms with Gasteiger partial charge in [0, 0.05) is 12.6 Å². The molecule has 0 amide bonds. The molecule has 27 heavy (non-hydrogen) atoms. The Morgan fingerprint density at radius 2 is 1.63 bits per heavy atom. The van der Waals surface area contributed by atoms with E-state index < -0.39 is 20.0 Å². The van der Waals surface area contributed by atoms with Gasteiger partial charge in [-0.25, -0.2) is 21.6 Å². The summed E-state index contributed by atoms with van der Waals surface area (Å²) in [6.07, 6.45) is 3.18. The number of rotatable bonds is 9. The van der Waals surface area contributed by atoms with Crippen molar-refractivity contribution in [2.75, 3.05) is 10.8 Å². The molecule has 0 heterocycles. The lowest BCUT2D eigenvalue weighted by atomic mass is 10.3. The van der Waals surface area contributed by atoms with Gasteiger partial charge in [0.2, 0.25) is 10.0 Å². The minimum Gasteiger partial charge on any atom is -0.266 e. The molecule has 0 bridgehead atoms. The minimum atomic E-state index is -3.88. The van der Waals surface area contributed by atoms with Crippen LogP contribution in [-0.2, 0) is 20.0 Å². The summed E-state index contributed by atoms with van der Waals surface area (Å²) >= 11 is 0. The van der Waals surface area contributed by atoms with Gasteiger partial charge in [-0.1, -0.05) is 37.6 Å². The number of sulfonamides is 2. The van der Waals surface area contributed by atoms with Gasteiger partial charge in [0.1, 0.15) is 0 Å². The van der Waals surface area contributed by atoms with Crippen LogP contribution in [0.15, 0.2) is 64.4 Å². The van der Waals surface area contributed by atoms with Gasteiger partial charge in [0.05, 0.1) is 15.5 Å². The molecule has 146 valence electrons. The maximum absolute atomic E-state index is 13.3. The fourth-order valence-corrected chi connectivity index (χ4v) is 5.68. The van der Waals surface area contributed by atoms with E-state index in [1.165, 1.54) is 28.6 Å². The molecule has 3 rings (SSSR count). The molecule has 0 radical (unpaired) electrons. The van der Waals surface area contributed by atoms with Crippen LogP contribution in [-0.4, -0.2) is 29.4 Å². The molecule has 1 aliphatic rings. The van der Waals surface area contributed by atoms with E-state index in [0.717, 1.165) is 19.3 Å². The predicted octanol–water partition coefficient (Wildman–Crippen LogP) is 3.12. The maximum Gasteiger partial charge on any atom is 0.264 e. The third kappa shape index (κ3) is 4.69. The first-order chi connectivity index (χ1) is 12.8. The Hall–Kier alpha value is -1.90. The van der Waals surface area contributed by atoms with Gasteiger partial charge in [-0.05, 0) is 49.6 Å². The van der Waals surface area contributed by atoms with Crippen molar-refractivity contribution in [2.45, 2.75) is 48.4 Å². The first-order valence-corrected chi connectivity index (χ1v) is 12.0. The fourth-order valence-electron chi connectivity index (χ4n) is 2.70. The summed E-state index contributed by atoms with van der Waals surface area (Å²) in [5, 5.41) is 0. The monoisotopic (exact) mass is 408 g/mol. The first-order valence-electron chi connectivity index (χ1n) is 9.05. The lowest BCUT2D eigenvalue weighted by Gasteiger charge is -2.24. The van der Waals surface area contributed by atoms with Crippen molar-refractivity contribution in [3.8, 4) is 0 Å². The first kappa shape index (κ1) is 19.9. The Bertz CT molecular complexity index is 985. The molecule has 0 aliphatic heterocycles. The number of nitrogens with zero attached hydrogens (tertiary/aromatic N) is 1. The quantitative estimate of drug-likeness (QED) is 0.691. The molecule has 1 fully saturated rings. The van der Waals surface area contributed by atoms with E-state index in [0.29, 0.717) is 18.7 Å². The summed E-state index contributed by atoms with van der Waals surface area (Å²) in [4.78, 5) is -0.0555. The van der Waals surface area contributed by atoms with Gasteiger partial charge in [0.15, 0.2) is 0 Å². The number of anilines is 1. The molecule has 1 saturated carbocycles. The van der Waals surface area contributed by atoms with Crippen molar-refractivity contribution in [1.29, 1.82) is 0 Å². The van der Waals surface area contributed by atoms with Gasteiger partial charge >= 0.3 is 0 Å². The van der Waals surface area contributed by atoms with E-state index in [9.17, 15) is 16.8 Å². The van der Waals surface area contributed by atoms with Crippen LogP contribution in [0.5, 0.6) is 0 Å². The van der Waals surface area contributed by atoms with Gasteiger partial charge in [-0.15, -0.1) is 0 Å². The lowest BCUT2D eigenvalue weighted by Crippen LogP contribution is -2.32. The number of hydrogen-bond donors (Lipinski definition) is 1. The van der Waals surface area contributed by atoms with E-state index in [2.05, 4.69) is 4.72 Å². The van der Waals surface area contributed by atoms with Crippen LogP contribution in [0.3, 0.4) is 0 Å². The van der Waals surface area contributed by atoms with Gasteiger partial charge in [-0.2, -0.15) is 0 Å². The van der Waals surface area contributed by atoms with Crippen molar-refractivity contribution in [1.82, 2.24) is 4.72 Å². The van der Waals surface area contributed by atoms with Gasteiger partial charge in [0.25, 0.3) is 10.0 Å². The standard InChI is InChI=1S/C19H24N2O4S2/c1-2-3-14-21(17-8-5-4-6-9-17)27(24,25)19-11-7-10-18(15-19)26(22,23)20-16-12-13-16/h4-11,15-16,20H,2-3,12-14H2,1H3. The van der Waals surface area contributed by atoms with Crippen LogP contribution in [0.1, 0.15) is 32.6 Å². The van der Waals surface area contributed by atoms with Gasteiger partial charge < -0.3 is 0 Å². The summed E-state index contributed by atoms with van der Waals surface area (Å²) in [7, 11) is -7.60. The molecular formula is C19H24N2O4S2. The Morgan fingerprint density at radius 1 is 0.963 bits per heavy atom. The minimum absolute atomic E-state index is 0.0267. The van der Waals surface area contributed by atoms with Crippen LogP contribution in [0.25, 0.3) is 0 Å². The molecule has 1 aliphatic carbocycles. The maximum atomic E-state index is 13.3. The summed E-state index contributed by atoms with van der Waals surface area (Å²) in [6.45, 7) is 2.33. The van der Waals surface area contributed by atoms with Crippen LogP contribution < -0.4 is 9.03 Å². The molecule has 0 saturated heterocycles. The second kappa shape index (κ2) is 8.00. The van der Waals surface area contributed by atoms with E-state index in [4.69, 9.17) is 0 Å². The molecule has 0 atom stereocenters. The zero-order valence-corrected chi connectivity index (χ0v) is 16.8. The highest BCUT2D eigenvalue weighted by atomic mass is 32.2. The summed E-state index contributed by atoms with van der Waals surface area (Å²) in [6, 6.07) is 14.4. The number of benzene rings is 2. The Balaban J connectivity index is 1.98. The molecule has 6 nitrogen and oxygen atoms in total. The topological polar surface area (TPSA) is 83.6 Å². The Labute approximate surface area is 161 Å². The molecule has 2 aromatic rings. The van der Waals surface area contributed by atoms with E-state index >= 15 is 0 Å². The van der Waals surface area contributed by atoms with E-state index in [1.54, 1.807) is 24.3 Å². The molecule has 2 aromatic carbocycles. The number of unbranched alkanes of at least 4 members (excludes halogenated alkanes) is 1. The Morgan fingerprint density at radius 3 is 2.26 bits per heavy atom. The zero-order chi connectivity index (χ0) is 19.5. The average molecular weight is 409 g/mol. The number of nitrogens with one attached hydrogen (secondary N) is 1. The normalized spacial score (nSPS) is 14.9. The van der Waals surface area contributed by atoms with E-state index in [1.807, 2.05) is 13.0 Å². The van der Waals surface area contributed by atoms with Gasteiger partial charge in [-0.3, -0.25) is 4.31 Å². The SMILES string of the molecule is CCCCN(c1ccccc1)S(=O)(=O)c1cccc(S(=O)(=O)NC2CC2)c1. The summed E-state index contributed by atoms with van der Waals surface area (Å²) in [5.74, 6) is 0. The molecular weight excluding hydrogens is 384 g/mol. The predicted molar refractivity (Wildman–Crippen MR) is 106 cm³/mol. The zero-order valence-electron chi connectivity index (χ0n) is 15.2. The second-order valence-corrected chi connectivity index (χ2v) is 10.2. The smallest absolute Gasteiger partial charge is 0.264 e. The van der Waals surface area contributed by atoms with Crippen molar-refractivity contribution >= 4 is 25.7 Å². The van der Waals surface area contributed by atoms with Crippen molar-refractivity contribution in [3.05, 3.63) is 54.6 Å². The van der Waals surface area contributed by atoms with Crippen LogP contribution in [0.4, 0.5) is 5.69 Å².